The van der Waals surface area contributed by atoms with Gasteiger partial charge < -0.3 is 4.74 Å². The second-order valence-corrected chi connectivity index (χ2v) is 6.74. The summed E-state index contributed by atoms with van der Waals surface area (Å²) >= 11 is 6.78. The lowest BCUT2D eigenvalue weighted by Crippen LogP contribution is -2.53. The predicted octanol–water partition coefficient (Wildman–Crippen LogP) is 4.25. The van der Waals surface area contributed by atoms with E-state index in [1.165, 1.54) is 0 Å². The topological polar surface area (TPSA) is 58.8 Å². The monoisotopic (exact) mass is 423 g/mol. The number of hydrogen-bond donors (Lipinski definition) is 0. The summed E-state index contributed by atoms with van der Waals surface area (Å²) in [6, 6.07) is 3.35. The van der Waals surface area contributed by atoms with Crippen molar-refractivity contribution in [3.8, 4) is 5.75 Å². The molecule has 0 saturated carbocycles. The van der Waals surface area contributed by atoms with E-state index in [4.69, 9.17) is 4.74 Å². The lowest BCUT2D eigenvalue weighted by Gasteiger charge is -2.34. The quantitative estimate of drug-likeness (QED) is 0.504. The minimum atomic E-state index is -0.419. The molecule has 0 aliphatic carbocycles. The summed E-state index contributed by atoms with van der Waals surface area (Å²) in [5.74, 6) is 0.612. The number of methoxy groups -OCH3 is 1. The molecule has 118 valence electrons. The molecular formula is C13H19Br2N3O3. The van der Waals surface area contributed by atoms with Gasteiger partial charge in [0.15, 0.2) is 10.7 Å². The largest absolute Gasteiger partial charge is 0.497 e. The van der Waals surface area contributed by atoms with Crippen molar-refractivity contribution in [2.45, 2.75) is 39.8 Å². The summed E-state index contributed by atoms with van der Waals surface area (Å²) < 4.78 is 6.33. The first kappa shape index (κ1) is 18.2. The molecule has 1 rings (SSSR count). The van der Waals surface area contributed by atoms with Crippen molar-refractivity contribution in [1.29, 1.82) is 0 Å². The van der Waals surface area contributed by atoms with Crippen LogP contribution in [0.2, 0.25) is 0 Å². The SMILES string of the molecule is COc1cc(Br)c(N(N(C(C)C)C(C)C)[N+](=O)[O-])c(Br)c1. The number of hydrogen-bond acceptors (Lipinski definition) is 4. The zero-order valence-electron chi connectivity index (χ0n) is 12.6. The lowest BCUT2D eigenvalue weighted by molar-refractivity contribution is -0.527. The molecule has 8 heteroatoms. The van der Waals surface area contributed by atoms with Crippen molar-refractivity contribution in [2.24, 2.45) is 0 Å². The van der Waals surface area contributed by atoms with Crippen molar-refractivity contribution >= 4 is 37.5 Å². The van der Waals surface area contributed by atoms with Crippen LogP contribution in [0.3, 0.4) is 0 Å². The van der Waals surface area contributed by atoms with Crippen molar-refractivity contribution in [1.82, 2.24) is 5.01 Å². The maximum absolute atomic E-state index is 11.6. The lowest BCUT2D eigenvalue weighted by atomic mass is 10.2. The number of nitro groups is 1. The first-order valence-corrected chi connectivity index (χ1v) is 8.05. The van der Waals surface area contributed by atoms with Gasteiger partial charge in [0.25, 0.3) is 0 Å². The summed E-state index contributed by atoms with van der Waals surface area (Å²) in [5, 5.41) is 14.0. The van der Waals surface area contributed by atoms with Gasteiger partial charge in [0.05, 0.1) is 16.1 Å². The molecule has 0 N–H and O–H groups in total. The summed E-state index contributed by atoms with van der Waals surface area (Å²) in [6.45, 7) is 7.67. The van der Waals surface area contributed by atoms with Gasteiger partial charge in [-0.3, -0.25) is 0 Å². The molecule has 0 heterocycles. The van der Waals surface area contributed by atoms with E-state index >= 15 is 0 Å². The first-order chi connectivity index (χ1) is 9.70. The minimum Gasteiger partial charge on any atom is -0.497 e. The second-order valence-electron chi connectivity index (χ2n) is 5.03. The standard InChI is InChI=1S/C13H19Br2N3O3/c1-8(2)16(9(3)4)17(18(19)20)13-11(14)6-10(21-5)7-12(13)15/h6-9H,1-5H3. The molecule has 0 spiro atoms. The third-order valence-electron chi connectivity index (χ3n) is 2.86. The Kier molecular flexibility index (Phi) is 6.42. The number of hydrazine groups is 2. The summed E-state index contributed by atoms with van der Waals surface area (Å²) in [6.07, 6.45) is 0. The van der Waals surface area contributed by atoms with Crippen LogP contribution in [0, 0.1) is 10.1 Å². The fourth-order valence-corrected chi connectivity index (χ4v) is 3.63. The first-order valence-electron chi connectivity index (χ1n) is 6.46. The number of halogens is 2. The molecular weight excluding hydrogens is 406 g/mol. The fraction of sp³-hybridized carbons (Fsp3) is 0.538. The molecule has 1 aromatic rings. The molecule has 0 bridgehead atoms. The van der Waals surface area contributed by atoms with E-state index in [2.05, 4.69) is 31.9 Å². The van der Waals surface area contributed by atoms with Gasteiger partial charge in [-0.1, -0.05) is 0 Å². The van der Waals surface area contributed by atoms with Crippen LogP contribution >= 0.6 is 31.9 Å². The van der Waals surface area contributed by atoms with Crippen molar-refractivity contribution in [2.75, 3.05) is 12.2 Å². The Bertz CT molecular complexity index is 492. The Morgan fingerprint density at radius 3 is 1.86 bits per heavy atom. The highest BCUT2D eigenvalue weighted by Crippen LogP contribution is 2.39. The highest BCUT2D eigenvalue weighted by Gasteiger charge is 2.34. The normalized spacial score (nSPS) is 11.3. The number of ether oxygens (including phenoxy) is 1. The molecule has 0 radical (unpaired) electrons. The zero-order chi connectivity index (χ0) is 16.3. The Morgan fingerprint density at radius 1 is 1.14 bits per heavy atom. The predicted molar refractivity (Wildman–Crippen MR) is 90.0 cm³/mol. The van der Waals surface area contributed by atoms with Crippen LogP contribution in [-0.2, 0) is 0 Å². The van der Waals surface area contributed by atoms with Gasteiger partial charge in [-0.25, -0.2) is 10.1 Å². The Balaban J connectivity index is 3.46. The number of nitrogens with zero attached hydrogens (tertiary/aromatic N) is 3. The van der Waals surface area contributed by atoms with Gasteiger partial charge in [0, 0.05) is 12.1 Å². The summed E-state index contributed by atoms with van der Waals surface area (Å²) in [5.41, 5.74) is 0.434. The number of anilines is 1. The zero-order valence-corrected chi connectivity index (χ0v) is 15.8. The van der Waals surface area contributed by atoms with Crippen molar-refractivity contribution < 1.29 is 9.77 Å². The maximum Gasteiger partial charge on any atom is 0.181 e. The van der Waals surface area contributed by atoms with E-state index < -0.39 is 5.03 Å². The van der Waals surface area contributed by atoms with Gasteiger partial charge in [-0.2, -0.15) is 5.01 Å². The van der Waals surface area contributed by atoms with E-state index in [9.17, 15) is 10.1 Å². The fourth-order valence-electron chi connectivity index (χ4n) is 2.17. The van der Waals surface area contributed by atoms with Crippen LogP contribution in [0.5, 0.6) is 5.75 Å². The van der Waals surface area contributed by atoms with Crippen molar-refractivity contribution in [3.05, 3.63) is 31.2 Å². The average molecular weight is 425 g/mol. The molecule has 0 atom stereocenters. The average Bonchev–Trinajstić information content (AvgIpc) is 2.35. The molecule has 1 aromatic carbocycles. The number of rotatable bonds is 6. The van der Waals surface area contributed by atoms with Crippen LogP contribution in [0.15, 0.2) is 21.1 Å². The van der Waals surface area contributed by atoms with Crippen LogP contribution < -0.4 is 9.85 Å². The highest BCUT2D eigenvalue weighted by molar-refractivity contribution is 9.11. The molecule has 0 unspecified atom stereocenters. The molecule has 0 aromatic heterocycles. The number of benzene rings is 1. The van der Waals surface area contributed by atoms with E-state index in [0.717, 1.165) is 5.12 Å². The Labute approximate surface area is 141 Å². The van der Waals surface area contributed by atoms with Gasteiger partial charge in [-0.05, 0) is 76.8 Å². The summed E-state index contributed by atoms with van der Waals surface area (Å²) in [4.78, 5) is 11.6. The summed E-state index contributed by atoms with van der Waals surface area (Å²) in [7, 11) is 1.55. The molecule has 21 heavy (non-hydrogen) atoms. The van der Waals surface area contributed by atoms with E-state index in [0.29, 0.717) is 20.4 Å². The molecule has 0 aliphatic heterocycles. The molecule has 0 aliphatic rings. The minimum absolute atomic E-state index is 0.0312. The highest BCUT2D eigenvalue weighted by atomic mass is 79.9. The molecule has 0 amide bonds. The third-order valence-corrected chi connectivity index (χ3v) is 4.07. The van der Waals surface area contributed by atoms with E-state index in [1.54, 1.807) is 24.3 Å². The van der Waals surface area contributed by atoms with Gasteiger partial charge in [0.2, 0.25) is 0 Å². The maximum atomic E-state index is 11.6. The molecule has 6 nitrogen and oxygen atoms in total. The molecule has 0 fully saturated rings. The molecule has 0 saturated heterocycles. The van der Waals surface area contributed by atoms with Gasteiger partial charge >= 0.3 is 0 Å². The third kappa shape index (κ3) is 4.08. The van der Waals surface area contributed by atoms with Crippen LogP contribution in [0.25, 0.3) is 0 Å². The smallest absolute Gasteiger partial charge is 0.181 e. The Morgan fingerprint density at radius 2 is 1.57 bits per heavy atom. The van der Waals surface area contributed by atoms with Crippen LogP contribution in [0.4, 0.5) is 5.69 Å². The van der Waals surface area contributed by atoms with Crippen LogP contribution in [0.1, 0.15) is 27.7 Å². The van der Waals surface area contributed by atoms with Crippen molar-refractivity contribution in [3.63, 3.8) is 0 Å². The Hall–Kier alpha value is -0.860. The van der Waals surface area contributed by atoms with Crippen LogP contribution in [-0.4, -0.2) is 29.2 Å². The second kappa shape index (κ2) is 7.42. The van der Waals surface area contributed by atoms with E-state index in [1.807, 2.05) is 27.7 Å². The van der Waals surface area contributed by atoms with Gasteiger partial charge in [-0.15, -0.1) is 0 Å². The van der Waals surface area contributed by atoms with Gasteiger partial charge in [0.1, 0.15) is 5.75 Å². The van der Waals surface area contributed by atoms with E-state index in [-0.39, 0.29) is 12.1 Å².